The third kappa shape index (κ3) is 4.81. The number of rotatable bonds is 6. The second kappa shape index (κ2) is 7.97. The van der Waals surface area contributed by atoms with E-state index in [1.54, 1.807) is 20.3 Å². The molecule has 5 nitrogen and oxygen atoms in total. The lowest BCUT2D eigenvalue weighted by Crippen LogP contribution is -2.26. The van der Waals surface area contributed by atoms with E-state index in [9.17, 15) is 4.79 Å². The van der Waals surface area contributed by atoms with Crippen molar-refractivity contribution in [1.29, 1.82) is 0 Å². The Kier molecular flexibility index (Phi) is 6.24. The van der Waals surface area contributed by atoms with Gasteiger partial charge in [0.2, 0.25) is 5.91 Å². The number of hydrogen-bond donors (Lipinski definition) is 1. The van der Waals surface area contributed by atoms with Crippen molar-refractivity contribution in [2.75, 3.05) is 25.7 Å². The van der Waals surface area contributed by atoms with E-state index in [0.29, 0.717) is 23.6 Å². The summed E-state index contributed by atoms with van der Waals surface area (Å²) in [5.41, 5.74) is 4.16. The number of carbonyl (C=O) groups excluding carboxylic acids is 1. The molecule has 0 aliphatic carbocycles. The molecule has 1 amide bonds. The number of hydrazone groups is 1. The van der Waals surface area contributed by atoms with Crippen molar-refractivity contribution in [3.8, 4) is 11.5 Å². The maximum atomic E-state index is 12.1. The van der Waals surface area contributed by atoms with Gasteiger partial charge in [0.1, 0.15) is 11.5 Å². The van der Waals surface area contributed by atoms with Gasteiger partial charge in [0.05, 0.1) is 30.4 Å². The summed E-state index contributed by atoms with van der Waals surface area (Å²) in [6.07, 6.45) is 0.457. The van der Waals surface area contributed by atoms with Crippen LogP contribution in [0.15, 0.2) is 23.3 Å². The third-order valence-corrected chi connectivity index (χ3v) is 6.82. The van der Waals surface area contributed by atoms with Crippen LogP contribution in [-0.2, 0) is 4.79 Å². The molecule has 1 aromatic rings. The summed E-state index contributed by atoms with van der Waals surface area (Å²) >= 11 is 3.67. The summed E-state index contributed by atoms with van der Waals surface area (Å²) in [5.74, 6) is 3.50. The number of ether oxygens (including phenoxy) is 2. The van der Waals surface area contributed by atoms with E-state index in [-0.39, 0.29) is 9.99 Å². The van der Waals surface area contributed by atoms with Crippen molar-refractivity contribution in [3.05, 3.63) is 23.8 Å². The van der Waals surface area contributed by atoms with Gasteiger partial charge in [-0.2, -0.15) is 5.10 Å². The predicted octanol–water partition coefficient (Wildman–Crippen LogP) is 3.13. The molecule has 1 N–H and O–H groups in total. The van der Waals surface area contributed by atoms with Crippen molar-refractivity contribution < 1.29 is 14.3 Å². The molecule has 126 valence electrons. The molecule has 2 rings (SSSR count). The topological polar surface area (TPSA) is 59.9 Å². The number of nitrogens with zero attached hydrogens (tertiary/aromatic N) is 1. The Balaban J connectivity index is 2.03. The number of carbonyl (C=O) groups is 1. The van der Waals surface area contributed by atoms with Gasteiger partial charge in [0.15, 0.2) is 0 Å². The van der Waals surface area contributed by atoms with Crippen LogP contribution in [-0.4, -0.2) is 41.4 Å². The zero-order chi connectivity index (χ0) is 16.9. The summed E-state index contributed by atoms with van der Waals surface area (Å²) in [5, 5.41) is 4.21. The Hall–Kier alpha value is -1.34. The van der Waals surface area contributed by atoms with Crippen molar-refractivity contribution in [1.82, 2.24) is 5.43 Å². The van der Waals surface area contributed by atoms with Crippen molar-refractivity contribution in [2.24, 2.45) is 5.10 Å². The van der Waals surface area contributed by atoms with E-state index in [2.05, 4.69) is 17.5 Å². The smallest absolute Gasteiger partial charge is 0.242 e. The molecule has 1 aliphatic heterocycles. The number of hydrogen-bond acceptors (Lipinski definition) is 6. The highest BCUT2D eigenvalue weighted by Gasteiger charge is 2.32. The zero-order valence-electron chi connectivity index (χ0n) is 13.8. The molecular formula is C16H22N2O3S2. The van der Waals surface area contributed by atoms with E-state index >= 15 is 0 Å². The van der Waals surface area contributed by atoms with Gasteiger partial charge in [-0.3, -0.25) is 4.79 Å². The summed E-state index contributed by atoms with van der Waals surface area (Å²) in [6, 6.07) is 5.50. The van der Waals surface area contributed by atoms with Crippen LogP contribution in [0.1, 0.15) is 25.8 Å². The molecule has 0 saturated carbocycles. The van der Waals surface area contributed by atoms with Gasteiger partial charge in [-0.05, 0) is 26.0 Å². The molecule has 0 unspecified atom stereocenters. The van der Waals surface area contributed by atoms with E-state index in [0.717, 1.165) is 17.1 Å². The monoisotopic (exact) mass is 354 g/mol. The Labute approximate surface area is 145 Å². The molecule has 0 atom stereocenters. The molecule has 0 spiro atoms. The lowest BCUT2D eigenvalue weighted by atomic mass is 10.1. The maximum Gasteiger partial charge on any atom is 0.242 e. The molecule has 0 radical (unpaired) electrons. The Bertz CT molecular complexity index is 599. The van der Waals surface area contributed by atoms with Gasteiger partial charge >= 0.3 is 0 Å². The first kappa shape index (κ1) is 18.0. The summed E-state index contributed by atoms with van der Waals surface area (Å²) in [7, 11) is 3.20. The van der Waals surface area contributed by atoms with E-state index in [1.807, 2.05) is 42.6 Å². The minimum absolute atomic E-state index is 0.0364. The van der Waals surface area contributed by atoms with Crippen LogP contribution in [0.25, 0.3) is 0 Å². The van der Waals surface area contributed by atoms with Crippen LogP contribution < -0.4 is 14.9 Å². The first-order valence-electron chi connectivity index (χ1n) is 7.31. The van der Waals surface area contributed by atoms with Crippen LogP contribution >= 0.6 is 23.5 Å². The molecule has 0 bridgehead atoms. The second-order valence-electron chi connectivity index (χ2n) is 5.31. The maximum absolute atomic E-state index is 12.1. The van der Waals surface area contributed by atoms with Gasteiger partial charge in [-0.1, -0.05) is 0 Å². The molecule has 7 heteroatoms. The molecule has 1 heterocycles. The Morgan fingerprint density at radius 1 is 1.30 bits per heavy atom. The normalized spacial score (nSPS) is 17.0. The third-order valence-electron chi connectivity index (χ3n) is 3.53. The summed E-state index contributed by atoms with van der Waals surface area (Å²) in [6.45, 7) is 3.95. The van der Waals surface area contributed by atoms with Crippen LogP contribution in [0.3, 0.4) is 0 Å². The number of methoxy groups -OCH3 is 2. The first-order valence-corrected chi connectivity index (χ1v) is 9.28. The molecular weight excluding hydrogens is 332 g/mol. The van der Waals surface area contributed by atoms with Gasteiger partial charge in [0, 0.05) is 23.1 Å². The Morgan fingerprint density at radius 2 is 2.00 bits per heavy atom. The zero-order valence-corrected chi connectivity index (χ0v) is 15.5. The lowest BCUT2D eigenvalue weighted by Gasteiger charge is -2.20. The fourth-order valence-corrected chi connectivity index (χ4v) is 5.12. The molecule has 1 aromatic carbocycles. The van der Waals surface area contributed by atoms with Crippen molar-refractivity contribution in [3.63, 3.8) is 0 Å². The van der Waals surface area contributed by atoms with Crippen molar-refractivity contribution >= 4 is 35.1 Å². The van der Waals surface area contributed by atoms with Gasteiger partial charge < -0.3 is 9.47 Å². The van der Waals surface area contributed by atoms with Crippen LogP contribution in [0.4, 0.5) is 0 Å². The van der Waals surface area contributed by atoms with E-state index in [1.165, 1.54) is 0 Å². The summed E-state index contributed by atoms with van der Waals surface area (Å²) in [4.78, 5) is 12.1. The van der Waals surface area contributed by atoms with Crippen LogP contribution in [0.2, 0.25) is 0 Å². The number of amides is 1. The largest absolute Gasteiger partial charge is 0.497 e. The average molecular weight is 354 g/mol. The number of thioether (sulfide) groups is 2. The van der Waals surface area contributed by atoms with Crippen LogP contribution in [0, 0.1) is 0 Å². The van der Waals surface area contributed by atoms with Crippen LogP contribution in [0.5, 0.6) is 11.5 Å². The van der Waals surface area contributed by atoms with E-state index < -0.39 is 0 Å². The molecule has 1 aliphatic rings. The molecule has 1 saturated heterocycles. The Morgan fingerprint density at radius 3 is 2.61 bits per heavy atom. The number of nitrogens with one attached hydrogen (secondary N) is 1. The van der Waals surface area contributed by atoms with E-state index in [4.69, 9.17) is 9.47 Å². The van der Waals surface area contributed by atoms with Gasteiger partial charge in [0.25, 0.3) is 0 Å². The van der Waals surface area contributed by atoms with Gasteiger partial charge in [-0.15, -0.1) is 23.5 Å². The quantitative estimate of drug-likeness (QED) is 0.628. The van der Waals surface area contributed by atoms with Gasteiger partial charge in [-0.25, -0.2) is 5.43 Å². The summed E-state index contributed by atoms with van der Waals surface area (Å²) < 4.78 is 10.5. The minimum Gasteiger partial charge on any atom is -0.497 e. The lowest BCUT2D eigenvalue weighted by molar-refractivity contribution is -0.121. The second-order valence-corrected chi connectivity index (χ2v) is 8.76. The fraction of sp³-hybridized carbons (Fsp3) is 0.500. The highest BCUT2D eigenvalue weighted by Crippen LogP contribution is 2.45. The highest BCUT2D eigenvalue weighted by molar-refractivity contribution is 8.21. The predicted molar refractivity (Wildman–Crippen MR) is 97.8 cm³/mol. The molecule has 23 heavy (non-hydrogen) atoms. The standard InChI is InChI=1S/C16H22N2O3S2/c1-11(13-6-5-12(20-3)9-14(13)21-4)17-18-15(19)10-16(2)22-7-8-23-16/h5-6,9H,7-8,10H2,1-4H3,(H,18,19)/b17-11-. The SMILES string of the molecule is COc1ccc(/C(C)=N\NC(=O)CC2(C)SCCS2)c(OC)c1. The average Bonchev–Trinajstić information content (AvgIpc) is 2.97. The highest BCUT2D eigenvalue weighted by atomic mass is 32.2. The van der Waals surface area contributed by atoms with Crippen molar-refractivity contribution in [2.45, 2.75) is 24.3 Å². The molecule has 1 fully saturated rings. The fourth-order valence-electron chi connectivity index (χ4n) is 2.29. The minimum atomic E-state index is -0.0683. The first-order chi connectivity index (χ1) is 11.0. The molecule has 0 aromatic heterocycles. The number of benzene rings is 1.